The zero-order chi connectivity index (χ0) is 12.5. The van der Waals surface area contributed by atoms with Crippen molar-refractivity contribution >= 4 is 9.84 Å². The molecule has 0 unspecified atom stereocenters. The van der Waals surface area contributed by atoms with Gasteiger partial charge < -0.3 is 10.8 Å². The van der Waals surface area contributed by atoms with E-state index in [-0.39, 0.29) is 24.3 Å². The van der Waals surface area contributed by atoms with Crippen molar-refractivity contribution in [2.24, 2.45) is 5.73 Å². The Bertz CT molecular complexity index is 479. The van der Waals surface area contributed by atoms with Gasteiger partial charge in [0.15, 0.2) is 9.84 Å². The highest BCUT2D eigenvalue weighted by Crippen LogP contribution is 2.33. The number of aliphatic hydroxyl groups is 1. The summed E-state index contributed by atoms with van der Waals surface area (Å²) in [5.74, 6) is 0.115. The minimum atomic E-state index is -2.95. The van der Waals surface area contributed by atoms with Gasteiger partial charge in [-0.15, -0.1) is 0 Å². The molecule has 0 aromatic heterocycles. The zero-order valence-electron chi connectivity index (χ0n) is 9.59. The van der Waals surface area contributed by atoms with E-state index in [9.17, 15) is 13.5 Å². The van der Waals surface area contributed by atoms with Crippen molar-refractivity contribution in [1.82, 2.24) is 0 Å². The Hall–Kier alpha value is -0.910. The summed E-state index contributed by atoms with van der Waals surface area (Å²) in [5.41, 5.74) is 6.29. The second kappa shape index (κ2) is 4.40. The summed E-state index contributed by atoms with van der Waals surface area (Å²) >= 11 is 0. The summed E-state index contributed by atoms with van der Waals surface area (Å²) in [4.78, 5) is 0. The maximum atomic E-state index is 11.3. The maximum Gasteiger partial charge on any atom is 0.150 e. The number of sulfone groups is 1. The molecule has 0 aliphatic carbocycles. The fourth-order valence-electron chi connectivity index (χ4n) is 2.12. The van der Waals surface area contributed by atoms with Crippen LogP contribution in [0.5, 0.6) is 0 Å². The van der Waals surface area contributed by atoms with Crippen LogP contribution in [-0.2, 0) is 22.0 Å². The van der Waals surface area contributed by atoms with Crippen molar-refractivity contribution in [2.45, 2.75) is 25.0 Å². The molecule has 1 aliphatic rings. The molecule has 1 saturated heterocycles. The van der Waals surface area contributed by atoms with Gasteiger partial charge in [-0.1, -0.05) is 24.3 Å². The molecular weight excluding hydrogens is 238 g/mol. The highest BCUT2D eigenvalue weighted by molar-refractivity contribution is 7.91. The average Bonchev–Trinajstić information content (AvgIpc) is 2.34. The molecule has 1 aromatic carbocycles. The summed E-state index contributed by atoms with van der Waals surface area (Å²) < 4.78 is 22.7. The van der Waals surface area contributed by atoms with E-state index in [2.05, 4.69) is 0 Å². The predicted molar refractivity (Wildman–Crippen MR) is 66.1 cm³/mol. The molecule has 2 rings (SSSR count). The zero-order valence-corrected chi connectivity index (χ0v) is 10.4. The van der Waals surface area contributed by atoms with Gasteiger partial charge in [0.1, 0.15) is 0 Å². The molecule has 0 saturated carbocycles. The molecule has 0 bridgehead atoms. The molecule has 1 fully saturated rings. The minimum absolute atomic E-state index is 0.0577. The summed E-state index contributed by atoms with van der Waals surface area (Å²) in [7, 11) is -2.95. The molecule has 0 radical (unpaired) electrons. The third kappa shape index (κ3) is 2.68. The topological polar surface area (TPSA) is 80.4 Å². The van der Waals surface area contributed by atoms with Gasteiger partial charge in [0.2, 0.25) is 0 Å². The average molecular weight is 255 g/mol. The number of nitrogens with two attached hydrogens (primary N) is 1. The van der Waals surface area contributed by atoms with E-state index in [1.165, 1.54) is 0 Å². The van der Waals surface area contributed by atoms with Crippen LogP contribution in [0.15, 0.2) is 24.3 Å². The van der Waals surface area contributed by atoms with Crippen molar-refractivity contribution in [3.8, 4) is 0 Å². The van der Waals surface area contributed by atoms with Gasteiger partial charge in [0.05, 0.1) is 17.1 Å². The molecule has 3 N–H and O–H groups in total. The Morgan fingerprint density at radius 3 is 2.18 bits per heavy atom. The number of hydrogen-bond donors (Lipinski definition) is 2. The lowest BCUT2D eigenvalue weighted by Gasteiger charge is -2.32. The SMILES string of the molecule is NCc1ccc(C2(O)CCS(=O)(=O)CC2)cc1. The largest absolute Gasteiger partial charge is 0.385 e. The molecule has 5 heteroatoms. The van der Waals surface area contributed by atoms with Crippen molar-refractivity contribution in [3.63, 3.8) is 0 Å². The van der Waals surface area contributed by atoms with Gasteiger partial charge in [-0.25, -0.2) is 8.42 Å². The van der Waals surface area contributed by atoms with E-state index >= 15 is 0 Å². The Morgan fingerprint density at radius 2 is 1.71 bits per heavy atom. The van der Waals surface area contributed by atoms with Crippen LogP contribution in [0.1, 0.15) is 24.0 Å². The Balaban J connectivity index is 2.21. The predicted octanol–water partition coefficient (Wildman–Crippen LogP) is 0.541. The Labute approximate surface area is 101 Å². The second-order valence-electron chi connectivity index (χ2n) is 4.58. The first kappa shape index (κ1) is 12.5. The van der Waals surface area contributed by atoms with Crippen LogP contribution in [-0.4, -0.2) is 25.0 Å². The van der Waals surface area contributed by atoms with Gasteiger partial charge >= 0.3 is 0 Å². The molecule has 94 valence electrons. The van der Waals surface area contributed by atoms with Crippen LogP contribution in [0.3, 0.4) is 0 Å². The fourth-order valence-corrected chi connectivity index (χ4v) is 3.62. The quantitative estimate of drug-likeness (QED) is 0.808. The van der Waals surface area contributed by atoms with E-state index in [1.807, 2.05) is 24.3 Å². The first-order chi connectivity index (χ1) is 7.95. The molecule has 17 heavy (non-hydrogen) atoms. The standard InChI is InChI=1S/C12H17NO3S/c13-9-10-1-3-11(4-2-10)12(14)5-7-17(15,16)8-6-12/h1-4,14H,5-9,13H2. The third-order valence-electron chi connectivity index (χ3n) is 3.38. The second-order valence-corrected chi connectivity index (χ2v) is 6.89. The molecule has 0 atom stereocenters. The lowest BCUT2D eigenvalue weighted by molar-refractivity contribution is 0.0263. The summed E-state index contributed by atoms with van der Waals surface area (Å²) in [6, 6.07) is 7.41. The first-order valence-electron chi connectivity index (χ1n) is 5.67. The van der Waals surface area contributed by atoms with E-state index in [0.29, 0.717) is 6.54 Å². The molecular formula is C12H17NO3S. The monoisotopic (exact) mass is 255 g/mol. The van der Waals surface area contributed by atoms with E-state index < -0.39 is 15.4 Å². The summed E-state index contributed by atoms with van der Waals surface area (Å²) in [6.45, 7) is 0.465. The van der Waals surface area contributed by atoms with Gasteiger partial charge in [-0.3, -0.25) is 0 Å². The maximum absolute atomic E-state index is 11.3. The lowest BCUT2D eigenvalue weighted by Crippen LogP contribution is -2.36. The van der Waals surface area contributed by atoms with Crippen LogP contribution < -0.4 is 5.73 Å². The fraction of sp³-hybridized carbons (Fsp3) is 0.500. The normalized spacial score (nSPS) is 22.2. The van der Waals surface area contributed by atoms with Crippen molar-refractivity contribution < 1.29 is 13.5 Å². The Kier molecular flexibility index (Phi) is 3.25. The van der Waals surface area contributed by atoms with Crippen molar-refractivity contribution in [1.29, 1.82) is 0 Å². The van der Waals surface area contributed by atoms with Gasteiger partial charge in [-0.05, 0) is 24.0 Å². The van der Waals surface area contributed by atoms with E-state index in [1.54, 1.807) is 0 Å². The number of rotatable bonds is 2. The molecule has 1 aliphatic heterocycles. The number of benzene rings is 1. The minimum Gasteiger partial charge on any atom is -0.385 e. The molecule has 0 amide bonds. The van der Waals surface area contributed by atoms with Crippen LogP contribution in [0.2, 0.25) is 0 Å². The van der Waals surface area contributed by atoms with Gasteiger partial charge in [0.25, 0.3) is 0 Å². The smallest absolute Gasteiger partial charge is 0.150 e. The molecule has 4 nitrogen and oxygen atoms in total. The van der Waals surface area contributed by atoms with E-state index in [4.69, 9.17) is 5.73 Å². The van der Waals surface area contributed by atoms with Crippen molar-refractivity contribution in [2.75, 3.05) is 11.5 Å². The van der Waals surface area contributed by atoms with Crippen LogP contribution >= 0.6 is 0 Å². The molecule has 1 heterocycles. The highest BCUT2D eigenvalue weighted by atomic mass is 32.2. The van der Waals surface area contributed by atoms with Crippen LogP contribution in [0.25, 0.3) is 0 Å². The lowest BCUT2D eigenvalue weighted by atomic mass is 9.88. The highest BCUT2D eigenvalue weighted by Gasteiger charge is 2.36. The Morgan fingerprint density at radius 1 is 1.18 bits per heavy atom. The third-order valence-corrected chi connectivity index (χ3v) is 5.03. The van der Waals surface area contributed by atoms with E-state index in [0.717, 1.165) is 11.1 Å². The summed E-state index contributed by atoms with van der Waals surface area (Å²) in [6.07, 6.45) is 0.550. The van der Waals surface area contributed by atoms with Crippen LogP contribution in [0, 0.1) is 0 Å². The summed E-state index contributed by atoms with van der Waals surface area (Å²) in [5, 5.41) is 10.4. The molecule has 1 aromatic rings. The van der Waals surface area contributed by atoms with Gasteiger partial charge in [-0.2, -0.15) is 0 Å². The first-order valence-corrected chi connectivity index (χ1v) is 7.50. The van der Waals surface area contributed by atoms with Crippen molar-refractivity contribution in [3.05, 3.63) is 35.4 Å². The molecule has 0 spiro atoms. The number of hydrogen-bond acceptors (Lipinski definition) is 4. The van der Waals surface area contributed by atoms with Gasteiger partial charge in [0, 0.05) is 6.54 Å². The van der Waals surface area contributed by atoms with Crippen LogP contribution in [0.4, 0.5) is 0 Å².